The topological polar surface area (TPSA) is 52.2 Å². The van der Waals surface area contributed by atoms with E-state index in [4.69, 9.17) is 0 Å². The summed E-state index contributed by atoms with van der Waals surface area (Å²) in [5, 5.41) is 6.91. The first-order valence-corrected chi connectivity index (χ1v) is 8.69. The Morgan fingerprint density at radius 3 is 3.00 bits per heavy atom. The molecule has 0 saturated carbocycles. The van der Waals surface area contributed by atoms with Crippen molar-refractivity contribution >= 4 is 11.6 Å². The Morgan fingerprint density at radius 2 is 2.25 bits per heavy atom. The lowest BCUT2D eigenvalue weighted by Crippen LogP contribution is -2.38. The molecule has 1 fully saturated rings. The van der Waals surface area contributed by atoms with Gasteiger partial charge in [0.15, 0.2) is 0 Å². The number of benzene rings is 1. The maximum atomic E-state index is 12.8. The standard InChI is InChI=1S/C19H26N4O/c1-22(2)17-7-5-6-15(12-17)9-10-19(24)23-11-4-3-8-18(23)16-13-20-21-14-16/h5-7,12-14,18H,3-4,8-11H2,1-2H3,(H,20,21). The van der Waals surface area contributed by atoms with Crippen LogP contribution >= 0.6 is 0 Å². The van der Waals surface area contributed by atoms with E-state index in [2.05, 4.69) is 39.4 Å². The second kappa shape index (κ2) is 7.51. The predicted molar refractivity (Wildman–Crippen MR) is 96.0 cm³/mol. The summed E-state index contributed by atoms with van der Waals surface area (Å²) >= 11 is 0. The zero-order chi connectivity index (χ0) is 16.9. The van der Waals surface area contributed by atoms with E-state index in [0.717, 1.165) is 31.4 Å². The highest BCUT2D eigenvalue weighted by atomic mass is 16.2. The number of anilines is 1. The van der Waals surface area contributed by atoms with E-state index in [0.29, 0.717) is 6.42 Å². The first-order valence-electron chi connectivity index (χ1n) is 8.69. The van der Waals surface area contributed by atoms with E-state index in [-0.39, 0.29) is 11.9 Å². The Morgan fingerprint density at radius 1 is 1.38 bits per heavy atom. The predicted octanol–water partition coefficient (Wildman–Crippen LogP) is 3.16. The molecular formula is C19H26N4O. The number of hydrogen-bond acceptors (Lipinski definition) is 3. The number of rotatable bonds is 5. The molecule has 3 rings (SSSR count). The lowest BCUT2D eigenvalue weighted by molar-refractivity contribution is -0.135. The average Bonchev–Trinajstić information content (AvgIpc) is 3.14. The molecular weight excluding hydrogens is 300 g/mol. The summed E-state index contributed by atoms with van der Waals surface area (Å²) in [6.45, 7) is 0.854. The van der Waals surface area contributed by atoms with Crippen molar-refractivity contribution < 1.29 is 4.79 Å². The molecule has 0 aliphatic carbocycles. The molecule has 1 amide bonds. The first-order chi connectivity index (χ1) is 11.6. The zero-order valence-electron chi connectivity index (χ0n) is 14.5. The molecule has 0 spiro atoms. The van der Waals surface area contributed by atoms with Gasteiger partial charge in [0.2, 0.25) is 5.91 Å². The number of carbonyl (C=O) groups excluding carboxylic acids is 1. The van der Waals surface area contributed by atoms with Gasteiger partial charge in [0.05, 0.1) is 12.2 Å². The molecule has 1 N–H and O–H groups in total. The van der Waals surface area contributed by atoms with E-state index in [1.165, 1.54) is 17.7 Å². The van der Waals surface area contributed by atoms with Crippen LogP contribution in [0.1, 0.15) is 42.9 Å². The maximum Gasteiger partial charge on any atom is 0.223 e. The summed E-state index contributed by atoms with van der Waals surface area (Å²) in [6.07, 6.45) is 8.40. The van der Waals surface area contributed by atoms with Crippen molar-refractivity contribution in [1.82, 2.24) is 15.1 Å². The Kier molecular flexibility index (Phi) is 5.18. The largest absolute Gasteiger partial charge is 0.378 e. The second-order valence-corrected chi connectivity index (χ2v) is 6.69. The molecule has 0 radical (unpaired) electrons. The highest BCUT2D eigenvalue weighted by molar-refractivity contribution is 5.77. The summed E-state index contributed by atoms with van der Waals surface area (Å²) in [6, 6.07) is 8.59. The van der Waals surface area contributed by atoms with Gasteiger partial charge >= 0.3 is 0 Å². The van der Waals surface area contributed by atoms with Gasteiger partial charge in [-0.15, -0.1) is 0 Å². The highest BCUT2D eigenvalue weighted by Gasteiger charge is 2.28. The Balaban J connectivity index is 1.64. The van der Waals surface area contributed by atoms with Gasteiger partial charge in [-0.2, -0.15) is 5.10 Å². The molecule has 1 saturated heterocycles. The Bertz CT molecular complexity index is 666. The van der Waals surface area contributed by atoms with Gasteiger partial charge in [0.25, 0.3) is 0 Å². The van der Waals surface area contributed by atoms with E-state index in [9.17, 15) is 4.79 Å². The van der Waals surface area contributed by atoms with Crippen LogP contribution < -0.4 is 4.90 Å². The van der Waals surface area contributed by atoms with Crippen LogP contribution in [-0.4, -0.2) is 41.6 Å². The van der Waals surface area contributed by atoms with Crippen molar-refractivity contribution in [2.75, 3.05) is 25.5 Å². The molecule has 2 heterocycles. The number of likely N-dealkylation sites (tertiary alicyclic amines) is 1. The van der Waals surface area contributed by atoms with Crippen molar-refractivity contribution in [2.45, 2.75) is 38.1 Å². The number of carbonyl (C=O) groups is 1. The minimum atomic E-state index is 0.179. The fraction of sp³-hybridized carbons (Fsp3) is 0.474. The van der Waals surface area contributed by atoms with E-state index in [1.54, 1.807) is 0 Å². The molecule has 24 heavy (non-hydrogen) atoms. The minimum Gasteiger partial charge on any atom is -0.378 e. The minimum absolute atomic E-state index is 0.179. The van der Waals surface area contributed by atoms with Gasteiger partial charge in [-0.05, 0) is 43.4 Å². The number of amides is 1. The third-order valence-corrected chi connectivity index (χ3v) is 4.78. The van der Waals surface area contributed by atoms with E-state index in [1.807, 2.05) is 31.4 Å². The molecule has 5 heteroatoms. The molecule has 1 aliphatic rings. The fourth-order valence-corrected chi connectivity index (χ4v) is 3.40. The van der Waals surface area contributed by atoms with Crippen LogP contribution in [0.5, 0.6) is 0 Å². The van der Waals surface area contributed by atoms with Crippen LogP contribution in [0.2, 0.25) is 0 Å². The highest BCUT2D eigenvalue weighted by Crippen LogP contribution is 2.31. The number of hydrogen-bond donors (Lipinski definition) is 1. The smallest absolute Gasteiger partial charge is 0.223 e. The third-order valence-electron chi connectivity index (χ3n) is 4.78. The molecule has 5 nitrogen and oxygen atoms in total. The van der Waals surface area contributed by atoms with Crippen molar-refractivity contribution in [2.24, 2.45) is 0 Å². The second-order valence-electron chi connectivity index (χ2n) is 6.69. The van der Waals surface area contributed by atoms with Crippen LogP contribution in [0.15, 0.2) is 36.7 Å². The molecule has 1 unspecified atom stereocenters. The van der Waals surface area contributed by atoms with Gasteiger partial charge < -0.3 is 9.80 Å². The van der Waals surface area contributed by atoms with Gasteiger partial charge in [-0.3, -0.25) is 9.89 Å². The van der Waals surface area contributed by atoms with Crippen molar-refractivity contribution in [3.05, 3.63) is 47.8 Å². The number of H-pyrrole nitrogens is 1. The summed E-state index contributed by atoms with van der Waals surface area (Å²) in [7, 11) is 4.07. The average molecular weight is 326 g/mol. The van der Waals surface area contributed by atoms with Gasteiger partial charge in [0, 0.05) is 44.5 Å². The lowest BCUT2D eigenvalue weighted by Gasteiger charge is -2.35. The lowest BCUT2D eigenvalue weighted by atomic mass is 9.96. The summed E-state index contributed by atoms with van der Waals surface area (Å²) < 4.78 is 0. The number of nitrogens with zero attached hydrogens (tertiary/aromatic N) is 3. The number of nitrogens with one attached hydrogen (secondary N) is 1. The Labute approximate surface area is 143 Å². The third kappa shape index (κ3) is 3.78. The van der Waals surface area contributed by atoms with Crippen LogP contribution in [-0.2, 0) is 11.2 Å². The monoisotopic (exact) mass is 326 g/mol. The molecule has 1 aromatic heterocycles. The number of piperidine rings is 1. The number of aromatic amines is 1. The van der Waals surface area contributed by atoms with Gasteiger partial charge in [-0.1, -0.05) is 12.1 Å². The molecule has 1 aromatic carbocycles. The SMILES string of the molecule is CN(C)c1cccc(CCC(=O)N2CCCCC2c2cn[nH]c2)c1. The van der Waals surface area contributed by atoms with Crippen LogP contribution in [0.25, 0.3) is 0 Å². The summed E-state index contributed by atoms with van der Waals surface area (Å²) in [5.41, 5.74) is 3.51. The molecule has 1 atom stereocenters. The normalized spacial score (nSPS) is 17.8. The van der Waals surface area contributed by atoms with Crippen LogP contribution in [0.3, 0.4) is 0 Å². The van der Waals surface area contributed by atoms with Crippen molar-refractivity contribution in [1.29, 1.82) is 0 Å². The zero-order valence-corrected chi connectivity index (χ0v) is 14.5. The first kappa shape index (κ1) is 16.6. The van der Waals surface area contributed by atoms with Gasteiger partial charge in [0.1, 0.15) is 0 Å². The summed E-state index contributed by atoms with van der Waals surface area (Å²) in [5.74, 6) is 0.246. The van der Waals surface area contributed by atoms with Crippen LogP contribution in [0, 0.1) is 0 Å². The Hall–Kier alpha value is -2.30. The van der Waals surface area contributed by atoms with E-state index >= 15 is 0 Å². The van der Waals surface area contributed by atoms with Crippen LogP contribution in [0.4, 0.5) is 5.69 Å². The number of aromatic nitrogens is 2. The molecule has 2 aromatic rings. The van der Waals surface area contributed by atoms with Gasteiger partial charge in [-0.25, -0.2) is 0 Å². The van der Waals surface area contributed by atoms with Crippen molar-refractivity contribution in [3.8, 4) is 0 Å². The summed E-state index contributed by atoms with van der Waals surface area (Å²) in [4.78, 5) is 16.9. The molecule has 1 aliphatic heterocycles. The quantitative estimate of drug-likeness (QED) is 0.918. The fourth-order valence-electron chi connectivity index (χ4n) is 3.40. The number of aryl methyl sites for hydroxylation is 1. The van der Waals surface area contributed by atoms with E-state index < -0.39 is 0 Å². The molecule has 0 bridgehead atoms. The molecule has 128 valence electrons. The van der Waals surface area contributed by atoms with Crippen molar-refractivity contribution in [3.63, 3.8) is 0 Å². The maximum absolute atomic E-state index is 12.8.